The fraction of sp³-hybridized carbons (Fsp3) is 0.412. The number of benzene rings is 1. The van der Waals surface area contributed by atoms with Gasteiger partial charge >= 0.3 is 0 Å². The van der Waals surface area contributed by atoms with Crippen molar-refractivity contribution in [2.45, 2.75) is 13.8 Å². The number of likely N-dealkylation sites (N-methyl/N-ethyl adjacent to an activating group) is 1. The molecule has 1 aliphatic rings. The normalized spacial score (nSPS) is 16.4. The molecule has 1 aromatic carbocycles. The molecule has 0 N–H and O–H groups in total. The molecule has 0 amide bonds. The molecule has 1 saturated heterocycles. The van der Waals surface area contributed by atoms with Crippen molar-refractivity contribution >= 4 is 6.21 Å². The zero-order valence-electron chi connectivity index (χ0n) is 13.8. The van der Waals surface area contributed by atoms with Crippen molar-refractivity contribution < 1.29 is 4.39 Å². The van der Waals surface area contributed by atoms with Crippen LogP contribution in [0.2, 0.25) is 0 Å². The molecule has 0 radical (unpaired) electrons. The van der Waals surface area contributed by atoms with Gasteiger partial charge in [0, 0.05) is 31.7 Å². The first kappa shape index (κ1) is 15.7. The quantitative estimate of drug-likeness (QED) is 0.815. The van der Waals surface area contributed by atoms with E-state index >= 15 is 0 Å². The van der Waals surface area contributed by atoms with E-state index in [9.17, 15) is 4.39 Å². The van der Waals surface area contributed by atoms with E-state index in [1.165, 1.54) is 12.1 Å². The summed E-state index contributed by atoms with van der Waals surface area (Å²) in [5.74, 6) is -0.243. The second kappa shape index (κ2) is 6.50. The zero-order chi connectivity index (χ0) is 16.4. The molecule has 1 aliphatic heterocycles. The minimum atomic E-state index is -0.243. The Morgan fingerprint density at radius 3 is 2.39 bits per heavy atom. The fourth-order valence-electron chi connectivity index (χ4n) is 2.73. The highest BCUT2D eigenvalue weighted by Crippen LogP contribution is 2.17. The van der Waals surface area contributed by atoms with Gasteiger partial charge in [-0.1, -0.05) is 0 Å². The van der Waals surface area contributed by atoms with E-state index in [1.54, 1.807) is 12.1 Å². The minimum absolute atomic E-state index is 0.243. The van der Waals surface area contributed by atoms with E-state index in [2.05, 4.69) is 27.2 Å². The van der Waals surface area contributed by atoms with Crippen LogP contribution in [0.25, 0.3) is 5.69 Å². The SMILES string of the molecule is Cc1nn(-c2ccc(F)cc2)c(C)c1C=NN1CCN(C)CC1. The lowest BCUT2D eigenvalue weighted by Gasteiger charge is -2.30. The topological polar surface area (TPSA) is 36.7 Å². The van der Waals surface area contributed by atoms with Crippen molar-refractivity contribution in [2.24, 2.45) is 5.10 Å². The number of hydrazone groups is 1. The van der Waals surface area contributed by atoms with Gasteiger partial charge in [-0.15, -0.1) is 0 Å². The Kier molecular flexibility index (Phi) is 4.43. The van der Waals surface area contributed by atoms with Crippen LogP contribution in [0.5, 0.6) is 0 Å². The number of hydrogen-bond acceptors (Lipinski definition) is 4. The van der Waals surface area contributed by atoms with Crippen LogP contribution < -0.4 is 0 Å². The number of nitrogens with zero attached hydrogens (tertiary/aromatic N) is 5. The molecule has 3 rings (SSSR count). The second-order valence-corrected chi connectivity index (χ2v) is 5.97. The highest BCUT2D eigenvalue weighted by molar-refractivity contribution is 5.82. The van der Waals surface area contributed by atoms with Gasteiger partial charge in [0.05, 0.1) is 23.3 Å². The maximum absolute atomic E-state index is 13.1. The van der Waals surface area contributed by atoms with Gasteiger partial charge in [0.2, 0.25) is 0 Å². The molecule has 0 bridgehead atoms. The van der Waals surface area contributed by atoms with Crippen molar-refractivity contribution in [3.05, 3.63) is 47.0 Å². The lowest BCUT2D eigenvalue weighted by Crippen LogP contribution is -2.41. The summed E-state index contributed by atoms with van der Waals surface area (Å²) in [6.07, 6.45) is 1.89. The third kappa shape index (κ3) is 3.42. The Bertz CT molecular complexity index is 697. The van der Waals surface area contributed by atoms with Crippen LogP contribution in [0.4, 0.5) is 4.39 Å². The Morgan fingerprint density at radius 2 is 1.74 bits per heavy atom. The lowest BCUT2D eigenvalue weighted by molar-refractivity contribution is 0.159. The number of halogens is 1. The first-order valence-electron chi connectivity index (χ1n) is 7.84. The summed E-state index contributed by atoms with van der Waals surface area (Å²) in [6.45, 7) is 7.93. The van der Waals surface area contributed by atoms with E-state index in [-0.39, 0.29) is 5.82 Å². The number of aromatic nitrogens is 2. The maximum Gasteiger partial charge on any atom is 0.123 e. The highest BCUT2D eigenvalue weighted by Gasteiger charge is 2.14. The van der Waals surface area contributed by atoms with Crippen LogP contribution in [-0.4, -0.2) is 59.1 Å². The van der Waals surface area contributed by atoms with Crippen molar-refractivity contribution in [1.29, 1.82) is 0 Å². The first-order valence-corrected chi connectivity index (χ1v) is 7.84. The van der Waals surface area contributed by atoms with E-state index < -0.39 is 0 Å². The Labute approximate surface area is 136 Å². The van der Waals surface area contributed by atoms with Crippen molar-refractivity contribution in [2.75, 3.05) is 33.2 Å². The van der Waals surface area contributed by atoms with Crippen LogP contribution in [-0.2, 0) is 0 Å². The molecule has 2 heterocycles. The summed E-state index contributed by atoms with van der Waals surface area (Å²) in [5.41, 5.74) is 3.80. The molecule has 2 aromatic rings. The third-order valence-corrected chi connectivity index (χ3v) is 4.25. The van der Waals surface area contributed by atoms with Crippen molar-refractivity contribution in [3.63, 3.8) is 0 Å². The molecule has 23 heavy (non-hydrogen) atoms. The predicted octanol–water partition coefficient (Wildman–Crippen LogP) is 2.21. The number of piperazine rings is 1. The van der Waals surface area contributed by atoms with Gasteiger partial charge in [-0.2, -0.15) is 10.2 Å². The van der Waals surface area contributed by atoms with Crippen LogP contribution >= 0.6 is 0 Å². The number of hydrogen-bond donors (Lipinski definition) is 0. The maximum atomic E-state index is 13.1. The molecule has 122 valence electrons. The summed E-state index contributed by atoms with van der Waals surface area (Å²) < 4.78 is 14.9. The van der Waals surface area contributed by atoms with Crippen LogP contribution in [0, 0.1) is 19.7 Å². The average Bonchev–Trinajstić information content (AvgIpc) is 2.82. The smallest absolute Gasteiger partial charge is 0.123 e. The molecule has 0 aliphatic carbocycles. The highest BCUT2D eigenvalue weighted by atomic mass is 19.1. The molecule has 6 heteroatoms. The minimum Gasteiger partial charge on any atom is -0.303 e. The van der Waals surface area contributed by atoms with E-state index in [4.69, 9.17) is 0 Å². The van der Waals surface area contributed by atoms with Crippen molar-refractivity contribution in [1.82, 2.24) is 19.7 Å². The third-order valence-electron chi connectivity index (χ3n) is 4.25. The summed E-state index contributed by atoms with van der Waals surface area (Å²) in [5, 5.41) is 11.3. The fourth-order valence-corrected chi connectivity index (χ4v) is 2.73. The molecule has 1 aromatic heterocycles. The number of aryl methyl sites for hydroxylation is 1. The van der Waals surface area contributed by atoms with Gasteiger partial charge in [0.25, 0.3) is 0 Å². The first-order chi connectivity index (χ1) is 11.0. The largest absolute Gasteiger partial charge is 0.303 e. The van der Waals surface area contributed by atoms with Gasteiger partial charge in [-0.05, 0) is 45.2 Å². The molecule has 0 atom stereocenters. The summed E-state index contributed by atoms with van der Waals surface area (Å²) in [7, 11) is 2.13. The Hall–Kier alpha value is -2.21. The zero-order valence-corrected chi connectivity index (χ0v) is 13.8. The molecule has 0 saturated carbocycles. The van der Waals surface area contributed by atoms with Gasteiger partial charge in [-0.3, -0.25) is 5.01 Å². The molecule has 1 fully saturated rings. The van der Waals surface area contributed by atoms with E-state index in [0.29, 0.717) is 0 Å². The van der Waals surface area contributed by atoms with Crippen LogP contribution in [0.3, 0.4) is 0 Å². The summed E-state index contributed by atoms with van der Waals surface area (Å²) >= 11 is 0. The van der Waals surface area contributed by atoms with E-state index in [0.717, 1.165) is 48.8 Å². The average molecular weight is 315 g/mol. The second-order valence-electron chi connectivity index (χ2n) is 5.97. The molecule has 5 nitrogen and oxygen atoms in total. The van der Waals surface area contributed by atoms with Gasteiger partial charge in [0.15, 0.2) is 0 Å². The van der Waals surface area contributed by atoms with Crippen LogP contribution in [0.15, 0.2) is 29.4 Å². The lowest BCUT2D eigenvalue weighted by atomic mass is 10.2. The standard InChI is InChI=1S/C17H22FN5/c1-13-17(12-19-22-10-8-21(3)9-11-22)14(2)23(20-13)16-6-4-15(18)5-7-16/h4-7,12H,8-11H2,1-3H3. The van der Waals surface area contributed by atoms with Crippen LogP contribution in [0.1, 0.15) is 17.0 Å². The number of rotatable bonds is 3. The van der Waals surface area contributed by atoms with E-state index in [1.807, 2.05) is 24.7 Å². The molecular weight excluding hydrogens is 293 g/mol. The monoisotopic (exact) mass is 315 g/mol. The molecular formula is C17H22FN5. The van der Waals surface area contributed by atoms with Gasteiger partial charge in [-0.25, -0.2) is 9.07 Å². The summed E-state index contributed by atoms with van der Waals surface area (Å²) in [4.78, 5) is 2.30. The predicted molar refractivity (Wildman–Crippen MR) is 89.7 cm³/mol. The Morgan fingerprint density at radius 1 is 1.09 bits per heavy atom. The van der Waals surface area contributed by atoms with Crippen molar-refractivity contribution in [3.8, 4) is 5.69 Å². The van der Waals surface area contributed by atoms with Gasteiger partial charge < -0.3 is 4.90 Å². The van der Waals surface area contributed by atoms with Gasteiger partial charge in [0.1, 0.15) is 5.82 Å². The Balaban J connectivity index is 1.82. The molecule has 0 unspecified atom stereocenters. The molecule has 0 spiro atoms. The summed E-state index contributed by atoms with van der Waals surface area (Å²) in [6, 6.07) is 6.36.